The van der Waals surface area contributed by atoms with Crippen LogP contribution in [0.25, 0.3) is 0 Å². The van der Waals surface area contributed by atoms with Crippen LogP contribution in [0.3, 0.4) is 0 Å². The summed E-state index contributed by atoms with van der Waals surface area (Å²) in [5, 5.41) is 9.51. The Morgan fingerprint density at radius 1 is 1.04 bits per heavy atom. The third-order valence-electron chi connectivity index (χ3n) is 5.98. The average molecular weight is 356 g/mol. The molecule has 4 rings (SSSR count). The van der Waals surface area contributed by atoms with Crippen molar-refractivity contribution in [2.75, 3.05) is 31.1 Å². The van der Waals surface area contributed by atoms with E-state index in [1.807, 2.05) is 6.08 Å². The fourth-order valence-corrected chi connectivity index (χ4v) is 4.35. The summed E-state index contributed by atoms with van der Waals surface area (Å²) in [6, 6.07) is 6.29. The molecule has 4 atom stereocenters. The third-order valence-corrected chi connectivity index (χ3v) is 5.98. The van der Waals surface area contributed by atoms with E-state index in [4.69, 9.17) is 4.74 Å². The number of rotatable bonds is 3. The lowest BCUT2D eigenvalue weighted by molar-refractivity contribution is -0.149. The number of piperazine rings is 1. The third kappa shape index (κ3) is 2.69. The van der Waals surface area contributed by atoms with Crippen LogP contribution in [-0.2, 0) is 14.3 Å². The smallest absolute Gasteiger partial charge is 0.310 e. The quantitative estimate of drug-likeness (QED) is 0.833. The van der Waals surface area contributed by atoms with Gasteiger partial charge in [-0.2, -0.15) is 0 Å². The van der Waals surface area contributed by atoms with Crippen molar-refractivity contribution in [3.8, 4) is 0 Å². The minimum atomic E-state index is -0.950. The Kier molecular flexibility index (Phi) is 4.23. The molecule has 3 heterocycles. The summed E-state index contributed by atoms with van der Waals surface area (Å²) in [6.45, 7) is 6.95. The Labute approximate surface area is 153 Å². The molecule has 2 bridgehead atoms. The molecule has 6 heteroatoms. The van der Waals surface area contributed by atoms with E-state index in [0.717, 1.165) is 13.1 Å². The Hall–Kier alpha value is -2.34. The molecule has 1 amide bonds. The Morgan fingerprint density at radius 3 is 2.35 bits per heavy atom. The molecule has 0 aromatic heterocycles. The lowest BCUT2D eigenvalue weighted by Crippen LogP contribution is -2.53. The SMILES string of the molecule is Cc1cccc(N2CCN(C(=O)[C@@H]3[C@@H](C(=O)O)[C@H]4C=C[C@H]3O4)CC2)c1C. The number of aliphatic carboxylic acids is 1. The van der Waals surface area contributed by atoms with Gasteiger partial charge in [0.1, 0.15) is 5.92 Å². The van der Waals surface area contributed by atoms with E-state index in [0.29, 0.717) is 13.1 Å². The van der Waals surface area contributed by atoms with Crippen molar-refractivity contribution in [3.05, 3.63) is 41.5 Å². The lowest BCUT2D eigenvalue weighted by atomic mass is 9.82. The second-order valence-electron chi connectivity index (χ2n) is 7.37. The summed E-state index contributed by atoms with van der Waals surface area (Å²) in [4.78, 5) is 28.7. The molecule has 2 saturated heterocycles. The van der Waals surface area contributed by atoms with Gasteiger partial charge in [-0.3, -0.25) is 9.59 Å². The van der Waals surface area contributed by atoms with Crippen LogP contribution in [-0.4, -0.2) is 60.3 Å². The first-order valence-electron chi connectivity index (χ1n) is 9.14. The van der Waals surface area contributed by atoms with E-state index in [1.165, 1.54) is 16.8 Å². The van der Waals surface area contributed by atoms with Crippen molar-refractivity contribution in [3.63, 3.8) is 0 Å². The fourth-order valence-electron chi connectivity index (χ4n) is 4.35. The number of amides is 1. The molecule has 0 saturated carbocycles. The summed E-state index contributed by atoms with van der Waals surface area (Å²) in [7, 11) is 0. The molecule has 1 aromatic carbocycles. The van der Waals surface area contributed by atoms with Crippen LogP contribution in [0.15, 0.2) is 30.4 Å². The summed E-state index contributed by atoms with van der Waals surface area (Å²) in [5.41, 5.74) is 3.74. The van der Waals surface area contributed by atoms with Crippen molar-refractivity contribution in [2.45, 2.75) is 26.1 Å². The molecule has 0 unspecified atom stereocenters. The van der Waals surface area contributed by atoms with Crippen molar-refractivity contribution < 1.29 is 19.4 Å². The Bertz CT molecular complexity index is 767. The zero-order valence-electron chi connectivity index (χ0n) is 15.1. The van der Waals surface area contributed by atoms with E-state index < -0.39 is 30.0 Å². The topological polar surface area (TPSA) is 70.1 Å². The number of anilines is 1. The highest BCUT2D eigenvalue weighted by Crippen LogP contribution is 2.40. The number of carbonyl (C=O) groups excluding carboxylic acids is 1. The van der Waals surface area contributed by atoms with Gasteiger partial charge in [0.2, 0.25) is 5.91 Å². The highest BCUT2D eigenvalue weighted by molar-refractivity contribution is 5.87. The molecule has 1 N–H and O–H groups in total. The van der Waals surface area contributed by atoms with Crippen LogP contribution in [0.5, 0.6) is 0 Å². The van der Waals surface area contributed by atoms with Gasteiger partial charge >= 0.3 is 5.97 Å². The maximum atomic E-state index is 13.0. The molecule has 2 fully saturated rings. The van der Waals surface area contributed by atoms with Crippen molar-refractivity contribution in [1.82, 2.24) is 4.90 Å². The van der Waals surface area contributed by atoms with E-state index in [9.17, 15) is 14.7 Å². The molecule has 0 spiro atoms. The molecular weight excluding hydrogens is 332 g/mol. The first kappa shape index (κ1) is 17.1. The van der Waals surface area contributed by atoms with Crippen molar-refractivity contribution >= 4 is 17.6 Å². The second kappa shape index (κ2) is 6.43. The van der Waals surface area contributed by atoms with E-state index in [-0.39, 0.29) is 5.91 Å². The largest absolute Gasteiger partial charge is 0.481 e. The van der Waals surface area contributed by atoms with Crippen LogP contribution in [0.2, 0.25) is 0 Å². The maximum Gasteiger partial charge on any atom is 0.310 e. The molecule has 3 aliphatic heterocycles. The van der Waals surface area contributed by atoms with E-state index in [2.05, 4.69) is 36.9 Å². The number of aryl methyl sites for hydroxylation is 1. The number of ether oxygens (including phenoxy) is 1. The minimum absolute atomic E-state index is 0.0881. The van der Waals surface area contributed by atoms with Gasteiger partial charge in [0.15, 0.2) is 0 Å². The number of fused-ring (bicyclic) bond motifs is 2. The van der Waals surface area contributed by atoms with Gasteiger partial charge in [-0.05, 0) is 31.0 Å². The number of carboxylic acids is 1. The Morgan fingerprint density at radius 2 is 1.69 bits per heavy atom. The first-order valence-corrected chi connectivity index (χ1v) is 9.14. The summed E-state index contributed by atoms with van der Waals surface area (Å²) in [6.07, 6.45) is 2.73. The summed E-state index contributed by atoms with van der Waals surface area (Å²) in [5.74, 6) is -2.41. The van der Waals surface area contributed by atoms with Crippen LogP contribution in [0, 0.1) is 25.7 Å². The minimum Gasteiger partial charge on any atom is -0.481 e. The van der Waals surface area contributed by atoms with E-state index >= 15 is 0 Å². The lowest BCUT2D eigenvalue weighted by Gasteiger charge is -2.39. The maximum absolute atomic E-state index is 13.0. The highest BCUT2D eigenvalue weighted by atomic mass is 16.5. The number of carbonyl (C=O) groups is 2. The monoisotopic (exact) mass is 356 g/mol. The number of hydrogen-bond donors (Lipinski definition) is 1. The standard InChI is InChI=1S/C20H24N2O4/c1-12-4-3-5-14(13(12)2)21-8-10-22(11-9-21)19(23)17-15-6-7-16(26-15)18(17)20(24)25/h3-7,15-18H,8-11H2,1-2H3,(H,24,25)/t15-,16-,17+,18+/m1/s1. The van der Waals surface area contributed by atoms with E-state index in [1.54, 1.807) is 11.0 Å². The van der Waals surface area contributed by atoms with Crippen molar-refractivity contribution in [2.24, 2.45) is 11.8 Å². The number of hydrogen-bond acceptors (Lipinski definition) is 4. The van der Waals surface area contributed by atoms with Crippen LogP contribution in [0.1, 0.15) is 11.1 Å². The molecule has 138 valence electrons. The second-order valence-corrected chi connectivity index (χ2v) is 7.37. The normalized spacial score (nSPS) is 30.1. The van der Waals surface area contributed by atoms with Gasteiger partial charge in [0.25, 0.3) is 0 Å². The Balaban J connectivity index is 1.45. The van der Waals surface area contributed by atoms with Crippen LogP contribution < -0.4 is 4.90 Å². The van der Waals surface area contributed by atoms with Crippen LogP contribution in [0.4, 0.5) is 5.69 Å². The van der Waals surface area contributed by atoms with Gasteiger partial charge in [-0.1, -0.05) is 24.3 Å². The van der Waals surface area contributed by atoms with Gasteiger partial charge in [0.05, 0.1) is 18.1 Å². The zero-order chi connectivity index (χ0) is 18.4. The predicted molar refractivity (Wildman–Crippen MR) is 97.1 cm³/mol. The average Bonchev–Trinajstić information content (AvgIpc) is 3.25. The molecule has 6 nitrogen and oxygen atoms in total. The molecule has 0 aliphatic carbocycles. The molecule has 26 heavy (non-hydrogen) atoms. The molecular formula is C20H24N2O4. The van der Waals surface area contributed by atoms with Crippen molar-refractivity contribution in [1.29, 1.82) is 0 Å². The zero-order valence-corrected chi connectivity index (χ0v) is 15.1. The summed E-state index contributed by atoms with van der Waals surface area (Å²) >= 11 is 0. The van der Waals surface area contributed by atoms with Gasteiger partial charge in [0, 0.05) is 31.9 Å². The van der Waals surface area contributed by atoms with Crippen LogP contribution >= 0.6 is 0 Å². The van der Waals surface area contributed by atoms with Gasteiger partial charge in [-0.25, -0.2) is 0 Å². The number of benzene rings is 1. The fraction of sp³-hybridized carbons (Fsp3) is 0.500. The first-order chi connectivity index (χ1) is 12.5. The number of nitrogens with zero attached hydrogens (tertiary/aromatic N) is 2. The molecule has 3 aliphatic rings. The molecule has 0 radical (unpaired) electrons. The molecule has 1 aromatic rings. The predicted octanol–water partition coefficient (Wildman–Crippen LogP) is 1.61. The summed E-state index contributed by atoms with van der Waals surface area (Å²) < 4.78 is 5.64. The van der Waals surface area contributed by atoms with Gasteiger partial charge in [-0.15, -0.1) is 0 Å². The van der Waals surface area contributed by atoms with Gasteiger partial charge < -0.3 is 19.6 Å². The highest BCUT2D eigenvalue weighted by Gasteiger charge is 2.54. The number of carboxylic acid groups (broad SMARTS) is 1.